The Kier molecular flexibility index (Phi) is 7.02. The van der Waals surface area contributed by atoms with Crippen molar-refractivity contribution in [2.24, 2.45) is 0 Å². The molecule has 0 bridgehead atoms. The van der Waals surface area contributed by atoms with Crippen molar-refractivity contribution in [2.45, 2.75) is 25.6 Å². The number of amides is 1. The summed E-state index contributed by atoms with van der Waals surface area (Å²) in [5.41, 5.74) is 2.37. The molecule has 7 nitrogen and oxygen atoms in total. The molecule has 0 fully saturated rings. The van der Waals surface area contributed by atoms with Gasteiger partial charge in [-0.25, -0.2) is 8.42 Å². The summed E-state index contributed by atoms with van der Waals surface area (Å²) in [5, 5.41) is 3.49. The highest BCUT2D eigenvalue weighted by molar-refractivity contribution is 7.88. The van der Waals surface area contributed by atoms with Crippen LogP contribution < -0.4 is 5.32 Å². The van der Waals surface area contributed by atoms with Gasteiger partial charge in [0.05, 0.1) is 6.26 Å². The molecule has 1 aliphatic heterocycles. The van der Waals surface area contributed by atoms with Crippen LogP contribution in [0.25, 0.3) is 0 Å². The number of nitrogens with one attached hydrogen (secondary N) is 1. The summed E-state index contributed by atoms with van der Waals surface area (Å²) in [6.07, 6.45) is 1.23. The van der Waals surface area contributed by atoms with Gasteiger partial charge in [0.2, 0.25) is 10.0 Å². The molecule has 1 atom stereocenters. The van der Waals surface area contributed by atoms with E-state index in [1.54, 1.807) is 18.2 Å². The number of benzene rings is 2. The molecule has 1 amide bonds. The van der Waals surface area contributed by atoms with Crippen molar-refractivity contribution in [1.29, 1.82) is 0 Å². The molecule has 1 N–H and O–H groups in total. The quantitative estimate of drug-likeness (QED) is 0.654. The average molecular weight is 471 g/mol. The minimum atomic E-state index is -3.65. The van der Waals surface area contributed by atoms with Gasteiger partial charge in [0.25, 0.3) is 5.91 Å². The van der Waals surface area contributed by atoms with Crippen LogP contribution in [0.4, 0.5) is 0 Å². The van der Waals surface area contributed by atoms with Crippen molar-refractivity contribution in [3.63, 3.8) is 0 Å². The van der Waals surface area contributed by atoms with Crippen LogP contribution in [-0.4, -0.2) is 43.5 Å². The number of hydrogen-bond acceptors (Lipinski definition) is 5. The average Bonchev–Trinajstić information content (AvgIpc) is 2.69. The van der Waals surface area contributed by atoms with E-state index >= 15 is 0 Å². The van der Waals surface area contributed by atoms with Crippen LogP contribution >= 0.6 is 23.2 Å². The first-order chi connectivity index (χ1) is 14.1. The molecule has 0 saturated heterocycles. The molecule has 160 valence electrons. The number of ether oxygens (including phenoxy) is 1. The minimum Gasteiger partial charge on any atom is -0.454 e. The number of hydrogen-bond donors (Lipinski definition) is 1. The molecule has 0 spiro atoms. The number of esters is 1. The van der Waals surface area contributed by atoms with E-state index in [1.165, 1.54) is 0 Å². The third-order valence-corrected chi connectivity index (χ3v) is 6.56. The van der Waals surface area contributed by atoms with Gasteiger partial charge in [0.1, 0.15) is 6.04 Å². The molecular weight excluding hydrogens is 451 g/mol. The molecule has 0 aromatic heterocycles. The monoisotopic (exact) mass is 470 g/mol. The minimum absolute atomic E-state index is 0.0794. The lowest BCUT2D eigenvalue weighted by molar-refractivity contribution is -0.152. The Morgan fingerprint density at radius 3 is 2.53 bits per heavy atom. The van der Waals surface area contributed by atoms with E-state index < -0.39 is 34.5 Å². The lowest BCUT2D eigenvalue weighted by Gasteiger charge is -2.33. The van der Waals surface area contributed by atoms with Crippen LogP contribution in [0.1, 0.15) is 16.7 Å². The number of halogens is 2. The fraction of sp³-hybridized carbons (Fsp3) is 0.300. The van der Waals surface area contributed by atoms with Gasteiger partial charge >= 0.3 is 5.97 Å². The van der Waals surface area contributed by atoms with Crippen molar-refractivity contribution >= 4 is 45.1 Å². The number of nitrogens with zero attached hydrogens (tertiary/aromatic N) is 1. The Morgan fingerprint density at radius 2 is 1.87 bits per heavy atom. The maximum atomic E-state index is 12.6. The molecule has 1 unspecified atom stereocenters. The molecule has 0 saturated carbocycles. The summed E-state index contributed by atoms with van der Waals surface area (Å²) >= 11 is 11.9. The predicted octanol–water partition coefficient (Wildman–Crippen LogP) is 2.54. The van der Waals surface area contributed by atoms with Crippen molar-refractivity contribution in [3.05, 3.63) is 69.2 Å². The first kappa shape index (κ1) is 22.6. The van der Waals surface area contributed by atoms with E-state index in [9.17, 15) is 18.0 Å². The third-order valence-electron chi connectivity index (χ3n) is 4.74. The van der Waals surface area contributed by atoms with Crippen molar-refractivity contribution in [2.75, 3.05) is 12.9 Å². The van der Waals surface area contributed by atoms with E-state index in [-0.39, 0.29) is 19.5 Å². The van der Waals surface area contributed by atoms with E-state index in [1.807, 2.05) is 24.3 Å². The number of rotatable bonds is 6. The summed E-state index contributed by atoms with van der Waals surface area (Å²) in [5.74, 6) is -1.30. The summed E-state index contributed by atoms with van der Waals surface area (Å²) in [6, 6.07) is 11.2. The Bertz CT molecular complexity index is 1070. The third kappa shape index (κ3) is 5.51. The second-order valence-electron chi connectivity index (χ2n) is 6.92. The predicted molar refractivity (Wildman–Crippen MR) is 114 cm³/mol. The highest BCUT2D eigenvalue weighted by Crippen LogP contribution is 2.26. The maximum Gasteiger partial charge on any atom is 0.325 e. The molecule has 1 heterocycles. The Hall–Kier alpha value is -2.13. The standard InChI is InChI=1S/C20H20Cl2N2O5S/c1-30(27,28)24-11-15-5-3-2-4-13(15)8-18(24)20(26)29-12-19(25)23-10-14-6-7-16(21)9-17(14)22/h2-7,9,18H,8,10-12H2,1H3,(H,23,25). The van der Waals surface area contributed by atoms with Gasteiger partial charge in [-0.2, -0.15) is 4.31 Å². The Morgan fingerprint density at radius 1 is 1.17 bits per heavy atom. The molecule has 1 aliphatic rings. The summed E-state index contributed by atoms with van der Waals surface area (Å²) in [7, 11) is -3.65. The smallest absolute Gasteiger partial charge is 0.325 e. The molecule has 0 aliphatic carbocycles. The van der Waals surface area contributed by atoms with E-state index in [4.69, 9.17) is 27.9 Å². The summed E-state index contributed by atoms with van der Waals surface area (Å²) < 4.78 is 30.6. The number of fused-ring (bicyclic) bond motifs is 1. The van der Waals surface area contributed by atoms with Crippen LogP contribution in [0.3, 0.4) is 0 Å². The largest absolute Gasteiger partial charge is 0.454 e. The van der Waals surface area contributed by atoms with E-state index in [0.717, 1.165) is 21.7 Å². The number of carbonyl (C=O) groups excluding carboxylic acids is 2. The molecule has 2 aromatic carbocycles. The highest BCUT2D eigenvalue weighted by atomic mass is 35.5. The van der Waals surface area contributed by atoms with Crippen LogP contribution in [0.15, 0.2) is 42.5 Å². The molecule has 3 rings (SSSR count). The second-order valence-corrected chi connectivity index (χ2v) is 9.70. The first-order valence-corrected chi connectivity index (χ1v) is 11.7. The molecule has 30 heavy (non-hydrogen) atoms. The summed E-state index contributed by atoms with van der Waals surface area (Å²) in [6.45, 7) is -0.311. The zero-order valence-corrected chi connectivity index (χ0v) is 18.4. The SMILES string of the molecule is CS(=O)(=O)N1Cc2ccccc2CC1C(=O)OCC(=O)NCc1ccc(Cl)cc1Cl. The van der Waals surface area contributed by atoms with E-state index in [2.05, 4.69) is 5.32 Å². The van der Waals surface area contributed by atoms with Gasteiger partial charge in [-0.05, 0) is 28.8 Å². The summed E-state index contributed by atoms with van der Waals surface area (Å²) in [4.78, 5) is 24.7. The molecular formula is C20H20Cl2N2O5S. The van der Waals surface area contributed by atoms with Crippen LogP contribution in [-0.2, 0) is 43.9 Å². The van der Waals surface area contributed by atoms with Gasteiger partial charge in [0, 0.05) is 29.6 Å². The Labute approximate surface area is 185 Å². The Balaban J connectivity index is 1.60. The van der Waals surface area contributed by atoms with Crippen molar-refractivity contribution in [1.82, 2.24) is 9.62 Å². The van der Waals surface area contributed by atoms with Gasteiger partial charge in [-0.3, -0.25) is 9.59 Å². The lowest BCUT2D eigenvalue weighted by Crippen LogP contribution is -2.49. The zero-order valence-electron chi connectivity index (χ0n) is 16.1. The van der Waals surface area contributed by atoms with Gasteiger partial charge in [-0.1, -0.05) is 53.5 Å². The number of carbonyl (C=O) groups is 2. The molecule has 2 aromatic rings. The van der Waals surface area contributed by atoms with Gasteiger partial charge in [0.15, 0.2) is 6.61 Å². The normalized spacial score (nSPS) is 16.6. The highest BCUT2D eigenvalue weighted by Gasteiger charge is 2.38. The van der Waals surface area contributed by atoms with Crippen molar-refractivity contribution in [3.8, 4) is 0 Å². The van der Waals surface area contributed by atoms with Crippen molar-refractivity contribution < 1.29 is 22.7 Å². The maximum absolute atomic E-state index is 12.6. The second kappa shape index (κ2) is 9.34. The fourth-order valence-electron chi connectivity index (χ4n) is 3.19. The zero-order chi connectivity index (χ0) is 21.9. The lowest BCUT2D eigenvalue weighted by atomic mass is 9.96. The number of sulfonamides is 1. The molecule has 10 heteroatoms. The van der Waals surface area contributed by atoms with Crippen LogP contribution in [0.5, 0.6) is 0 Å². The van der Waals surface area contributed by atoms with Crippen LogP contribution in [0.2, 0.25) is 10.0 Å². The van der Waals surface area contributed by atoms with Gasteiger partial charge < -0.3 is 10.1 Å². The molecule has 0 radical (unpaired) electrons. The van der Waals surface area contributed by atoms with Crippen LogP contribution in [0, 0.1) is 0 Å². The first-order valence-electron chi connectivity index (χ1n) is 9.06. The fourth-order valence-corrected chi connectivity index (χ4v) is 4.66. The van der Waals surface area contributed by atoms with Gasteiger partial charge in [-0.15, -0.1) is 0 Å². The topological polar surface area (TPSA) is 92.8 Å². The van der Waals surface area contributed by atoms with E-state index in [0.29, 0.717) is 15.6 Å².